The first-order chi connectivity index (χ1) is 13.1. The van der Waals surface area contributed by atoms with Gasteiger partial charge in [-0.3, -0.25) is 9.59 Å². The van der Waals surface area contributed by atoms with Crippen molar-refractivity contribution in [1.29, 1.82) is 0 Å². The quantitative estimate of drug-likeness (QED) is 0.610. The zero-order chi connectivity index (χ0) is 19.2. The molecule has 6 nitrogen and oxygen atoms in total. The van der Waals surface area contributed by atoms with Crippen LogP contribution >= 0.6 is 11.6 Å². The second kappa shape index (κ2) is 8.70. The zero-order valence-corrected chi connectivity index (χ0v) is 15.5. The molecule has 2 amide bonds. The third-order valence-corrected chi connectivity index (χ3v) is 4.34. The number of para-hydroxylation sites is 1. The highest BCUT2D eigenvalue weighted by Gasteiger charge is 2.20. The average molecular weight is 387 g/mol. The summed E-state index contributed by atoms with van der Waals surface area (Å²) in [6.07, 6.45) is 0. The first kappa shape index (κ1) is 18.9. The molecule has 1 aromatic heterocycles. The minimum Gasteiger partial charge on any atom is -0.451 e. The van der Waals surface area contributed by atoms with E-state index >= 15 is 0 Å². The lowest BCUT2D eigenvalue weighted by Crippen LogP contribution is -2.35. The van der Waals surface area contributed by atoms with Gasteiger partial charge in [-0.1, -0.05) is 41.9 Å². The molecule has 0 aliphatic carbocycles. The van der Waals surface area contributed by atoms with Crippen molar-refractivity contribution in [3.63, 3.8) is 0 Å². The summed E-state index contributed by atoms with van der Waals surface area (Å²) in [4.78, 5) is 24.6. The lowest BCUT2D eigenvalue weighted by atomic mass is 10.1. The molecule has 2 aromatic carbocycles. The van der Waals surface area contributed by atoms with Crippen LogP contribution in [-0.2, 0) is 11.3 Å². The third kappa shape index (κ3) is 4.30. The minimum absolute atomic E-state index is 0.218. The molecule has 0 spiro atoms. The van der Waals surface area contributed by atoms with Crippen LogP contribution < -0.4 is 10.6 Å². The van der Waals surface area contributed by atoms with E-state index in [4.69, 9.17) is 20.8 Å². The Kier molecular flexibility index (Phi) is 6.11. The Morgan fingerprint density at radius 2 is 1.67 bits per heavy atom. The predicted octanol–water partition coefficient (Wildman–Crippen LogP) is 3.39. The van der Waals surface area contributed by atoms with Crippen molar-refractivity contribution in [3.8, 4) is 0 Å². The van der Waals surface area contributed by atoms with Gasteiger partial charge in [-0.15, -0.1) is 0 Å². The third-order valence-electron chi connectivity index (χ3n) is 4.01. The number of hydrogen-bond donors (Lipinski definition) is 2. The number of nitrogens with one attached hydrogen (secondary N) is 2. The van der Waals surface area contributed by atoms with Crippen LogP contribution in [0.25, 0.3) is 11.0 Å². The molecule has 3 aromatic rings. The van der Waals surface area contributed by atoms with Gasteiger partial charge in [-0.25, -0.2) is 0 Å². The number of halogens is 1. The van der Waals surface area contributed by atoms with E-state index in [9.17, 15) is 9.59 Å². The maximum atomic E-state index is 12.5. The van der Waals surface area contributed by atoms with Gasteiger partial charge in [0.25, 0.3) is 11.8 Å². The van der Waals surface area contributed by atoms with E-state index < -0.39 is 0 Å². The number of fused-ring (bicyclic) bond motifs is 1. The zero-order valence-electron chi connectivity index (χ0n) is 14.8. The molecule has 0 radical (unpaired) electrons. The van der Waals surface area contributed by atoms with Gasteiger partial charge in [0.15, 0.2) is 5.76 Å². The van der Waals surface area contributed by atoms with Crippen LogP contribution in [0.2, 0.25) is 5.02 Å². The molecule has 0 bridgehead atoms. The lowest BCUT2D eigenvalue weighted by molar-refractivity contribution is 0.0907. The second-order valence-corrected chi connectivity index (χ2v) is 6.24. The number of hydrogen-bond acceptors (Lipinski definition) is 4. The van der Waals surface area contributed by atoms with Crippen LogP contribution in [0.5, 0.6) is 0 Å². The van der Waals surface area contributed by atoms with Crippen molar-refractivity contribution in [1.82, 2.24) is 10.6 Å². The van der Waals surface area contributed by atoms with E-state index in [1.54, 1.807) is 37.4 Å². The number of methoxy groups -OCH3 is 1. The number of furan rings is 1. The Hall–Kier alpha value is -2.83. The van der Waals surface area contributed by atoms with Crippen molar-refractivity contribution in [3.05, 3.63) is 70.4 Å². The fourth-order valence-electron chi connectivity index (χ4n) is 2.74. The maximum absolute atomic E-state index is 12.5. The molecule has 0 unspecified atom stereocenters. The van der Waals surface area contributed by atoms with E-state index in [2.05, 4.69) is 10.6 Å². The van der Waals surface area contributed by atoms with Crippen molar-refractivity contribution in [2.45, 2.75) is 6.61 Å². The molecular formula is C20H19ClN2O4. The highest BCUT2D eigenvalue weighted by Crippen LogP contribution is 2.26. The van der Waals surface area contributed by atoms with E-state index in [0.29, 0.717) is 21.7 Å². The number of amides is 2. The summed E-state index contributed by atoms with van der Waals surface area (Å²) in [5, 5.41) is 6.69. The fraction of sp³-hybridized carbons (Fsp3) is 0.200. The van der Waals surface area contributed by atoms with Crippen molar-refractivity contribution in [2.24, 2.45) is 0 Å². The Morgan fingerprint density at radius 3 is 2.41 bits per heavy atom. The molecule has 2 N–H and O–H groups in total. The highest BCUT2D eigenvalue weighted by molar-refractivity contribution is 6.33. The Morgan fingerprint density at radius 1 is 1.00 bits per heavy atom. The molecule has 0 atom stereocenters. The largest absolute Gasteiger partial charge is 0.451 e. The smallest absolute Gasteiger partial charge is 0.287 e. The molecule has 0 saturated carbocycles. The molecular weight excluding hydrogens is 368 g/mol. The summed E-state index contributed by atoms with van der Waals surface area (Å²) in [5.41, 5.74) is 1.72. The number of carbonyl (C=O) groups is 2. The minimum atomic E-state index is -0.356. The molecule has 3 rings (SSSR count). The lowest BCUT2D eigenvalue weighted by Gasteiger charge is -2.08. The molecule has 0 fully saturated rings. The van der Waals surface area contributed by atoms with Gasteiger partial charge in [0, 0.05) is 31.1 Å². The normalized spacial score (nSPS) is 10.7. The summed E-state index contributed by atoms with van der Waals surface area (Å²) in [6, 6.07) is 14.2. The predicted molar refractivity (Wildman–Crippen MR) is 103 cm³/mol. The number of carbonyl (C=O) groups excluding carboxylic acids is 2. The summed E-state index contributed by atoms with van der Waals surface area (Å²) in [7, 11) is 1.56. The molecule has 140 valence electrons. The molecule has 27 heavy (non-hydrogen) atoms. The van der Waals surface area contributed by atoms with Gasteiger partial charge < -0.3 is 19.8 Å². The fourth-order valence-corrected chi connectivity index (χ4v) is 2.96. The SMILES string of the molecule is COCc1c(C(=O)NCCNC(=O)c2ccccc2Cl)oc2ccccc12. The molecule has 1 heterocycles. The van der Waals surface area contributed by atoms with Crippen LogP contribution in [0, 0.1) is 0 Å². The maximum Gasteiger partial charge on any atom is 0.287 e. The van der Waals surface area contributed by atoms with Crippen molar-refractivity contribution in [2.75, 3.05) is 20.2 Å². The highest BCUT2D eigenvalue weighted by atomic mass is 35.5. The van der Waals surface area contributed by atoms with Gasteiger partial charge >= 0.3 is 0 Å². The van der Waals surface area contributed by atoms with Crippen LogP contribution in [0.4, 0.5) is 0 Å². The summed E-state index contributed by atoms with van der Waals surface area (Å²) < 4.78 is 10.9. The van der Waals surface area contributed by atoms with Crippen molar-refractivity contribution < 1.29 is 18.7 Å². The van der Waals surface area contributed by atoms with Crippen LogP contribution in [0.15, 0.2) is 52.9 Å². The molecule has 0 saturated heterocycles. The first-order valence-corrected chi connectivity index (χ1v) is 8.80. The van der Waals surface area contributed by atoms with E-state index in [-0.39, 0.29) is 37.3 Å². The standard InChI is InChI=1S/C20H19ClN2O4/c1-26-12-15-13-6-3-5-9-17(13)27-18(15)20(25)23-11-10-22-19(24)14-7-2-4-8-16(14)21/h2-9H,10-12H2,1H3,(H,22,24)(H,23,25). The van der Waals surface area contributed by atoms with Crippen LogP contribution in [0.1, 0.15) is 26.5 Å². The van der Waals surface area contributed by atoms with E-state index in [1.807, 2.05) is 18.2 Å². The average Bonchev–Trinajstić information content (AvgIpc) is 3.04. The topological polar surface area (TPSA) is 80.6 Å². The first-order valence-electron chi connectivity index (χ1n) is 8.42. The second-order valence-electron chi connectivity index (χ2n) is 5.83. The van der Waals surface area contributed by atoms with Gasteiger partial charge in [-0.05, 0) is 18.2 Å². The van der Waals surface area contributed by atoms with Gasteiger partial charge in [0.1, 0.15) is 5.58 Å². The monoisotopic (exact) mass is 386 g/mol. The number of rotatable bonds is 7. The summed E-state index contributed by atoms with van der Waals surface area (Å²) in [5.74, 6) is -0.431. The van der Waals surface area contributed by atoms with E-state index in [1.165, 1.54) is 0 Å². The Bertz CT molecular complexity index is 968. The van der Waals surface area contributed by atoms with E-state index in [0.717, 1.165) is 5.39 Å². The Labute approximate surface area is 161 Å². The molecule has 0 aliphatic rings. The molecule has 0 aliphatic heterocycles. The van der Waals surface area contributed by atoms with Gasteiger partial charge in [0.2, 0.25) is 0 Å². The van der Waals surface area contributed by atoms with Gasteiger partial charge in [-0.2, -0.15) is 0 Å². The number of ether oxygens (including phenoxy) is 1. The summed E-state index contributed by atoms with van der Waals surface area (Å²) in [6.45, 7) is 0.775. The Balaban J connectivity index is 1.60. The van der Waals surface area contributed by atoms with Crippen LogP contribution in [0.3, 0.4) is 0 Å². The number of benzene rings is 2. The van der Waals surface area contributed by atoms with Crippen molar-refractivity contribution >= 4 is 34.4 Å². The molecule has 7 heteroatoms. The van der Waals surface area contributed by atoms with Crippen LogP contribution in [-0.4, -0.2) is 32.0 Å². The van der Waals surface area contributed by atoms with Gasteiger partial charge in [0.05, 0.1) is 17.2 Å². The summed E-state index contributed by atoms with van der Waals surface area (Å²) >= 11 is 5.99.